The highest BCUT2D eigenvalue weighted by molar-refractivity contribution is 5.97. The number of anilines is 1. The van der Waals surface area contributed by atoms with Gasteiger partial charge in [0.2, 0.25) is 5.91 Å². The molecule has 0 unspecified atom stereocenters. The molecule has 1 aliphatic heterocycles. The molecule has 0 saturated carbocycles. The summed E-state index contributed by atoms with van der Waals surface area (Å²) in [5.41, 5.74) is 4.05. The van der Waals surface area contributed by atoms with E-state index in [1.807, 2.05) is 6.07 Å². The second kappa shape index (κ2) is 7.42. The minimum Gasteiger partial charge on any atom is -0.472 e. The second-order valence-electron chi connectivity index (χ2n) is 6.41. The average molecular weight is 341 g/mol. The van der Waals surface area contributed by atoms with Crippen LogP contribution in [0.5, 0.6) is 0 Å². The van der Waals surface area contributed by atoms with Crippen LogP contribution in [0.15, 0.2) is 41.2 Å². The minimum absolute atomic E-state index is 0.216. The number of carbonyl (C=O) groups excluding carboxylic acids is 2. The van der Waals surface area contributed by atoms with Crippen molar-refractivity contribution in [2.45, 2.75) is 32.4 Å². The highest BCUT2D eigenvalue weighted by atomic mass is 16.3. The van der Waals surface area contributed by atoms with E-state index in [-0.39, 0.29) is 11.8 Å². The van der Waals surface area contributed by atoms with Gasteiger partial charge in [-0.05, 0) is 43.0 Å². The molecule has 2 aromatic rings. The third-order valence-electron chi connectivity index (χ3n) is 4.49. The van der Waals surface area contributed by atoms with E-state index in [1.54, 1.807) is 13.0 Å². The fraction of sp³-hybridized carbons (Fsp3) is 0.368. The number of fused-ring (bicyclic) bond motifs is 1. The average Bonchev–Trinajstić information content (AvgIpc) is 3.14. The van der Waals surface area contributed by atoms with E-state index >= 15 is 0 Å². The van der Waals surface area contributed by atoms with E-state index in [9.17, 15) is 9.59 Å². The summed E-state index contributed by atoms with van der Waals surface area (Å²) in [5, 5.41) is 5.53. The largest absolute Gasteiger partial charge is 0.472 e. The number of nitrogens with one attached hydrogen (secondary N) is 2. The van der Waals surface area contributed by atoms with E-state index < -0.39 is 6.04 Å². The first kappa shape index (κ1) is 17.1. The Labute approximate surface area is 147 Å². The molecular weight excluding hydrogens is 318 g/mol. The molecule has 132 valence electrons. The topological polar surface area (TPSA) is 74.6 Å². The fourth-order valence-electron chi connectivity index (χ4n) is 3.03. The molecule has 0 radical (unpaired) electrons. The molecule has 0 spiro atoms. The van der Waals surface area contributed by atoms with Crippen molar-refractivity contribution in [1.82, 2.24) is 10.6 Å². The Morgan fingerprint density at radius 3 is 2.92 bits per heavy atom. The van der Waals surface area contributed by atoms with Crippen LogP contribution in [0.3, 0.4) is 0 Å². The molecule has 1 aromatic heterocycles. The van der Waals surface area contributed by atoms with E-state index in [0.717, 1.165) is 24.9 Å². The summed E-state index contributed by atoms with van der Waals surface area (Å²) >= 11 is 0. The first-order valence-corrected chi connectivity index (χ1v) is 8.48. The number of hydrogen-bond donors (Lipinski definition) is 2. The van der Waals surface area contributed by atoms with Gasteiger partial charge in [-0.25, -0.2) is 0 Å². The van der Waals surface area contributed by atoms with Crippen molar-refractivity contribution < 1.29 is 14.0 Å². The molecule has 0 aliphatic carbocycles. The molecule has 25 heavy (non-hydrogen) atoms. The van der Waals surface area contributed by atoms with Crippen molar-refractivity contribution in [3.8, 4) is 0 Å². The van der Waals surface area contributed by atoms with Gasteiger partial charge in [0.25, 0.3) is 5.91 Å². The summed E-state index contributed by atoms with van der Waals surface area (Å²) in [5.74, 6) is -0.542. The van der Waals surface area contributed by atoms with Crippen molar-refractivity contribution in [1.29, 1.82) is 0 Å². The van der Waals surface area contributed by atoms with E-state index in [1.165, 1.54) is 23.8 Å². The summed E-state index contributed by atoms with van der Waals surface area (Å²) in [6, 6.07) is 7.24. The van der Waals surface area contributed by atoms with Gasteiger partial charge in [-0.1, -0.05) is 12.1 Å². The maximum atomic E-state index is 12.2. The van der Waals surface area contributed by atoms with Gasteiger partial charge in [-0.15, -0.1) is 0 Å². The van der Waals surface area contributed by atoms with Crippen LogP contribution in [0.25, 0.3) is 0 Å². The predicted octanol–water partition coefficient (Wildman–Crippen LogP) is 2.10. The number of hydrogen-bond acceptors (Lipinski definition) is 4. The molecule has 1 aliphatic rings. The molecule has 0 saturated heterocycles. The molecule has 0 fully saturated rings. The summed E-state index contributed by atoms with van der Waals surface area (Å²) in [6.07, 6.45) is 4.99. The molecule has 0 bridgehead atoms. The zero-order valence-electron chi connectivity index (χ0n) is 14.5. The van der Waals surface area contributed by atoms with Gasteiger partial charge < -0.3 is 20.0 Å². The number of nitrogens with zero attached hydrogens (tertiary/aromatic N) is 1. The van der Waals surface area contributed by atoms with Gasteiger partial charge in [0.1, 0.15) is 12.3 Å². The summed E-state index contributed by atoms with van der Waals surface area (Å²) < 4.78 is 4.87. The Morgan fingerprint density at radius 2 is 2.16 bits per heavy atom. The van der Waals surface area contributed by atoms with Crippen LogP contribution in [0, 0.1) is 0 Å². The molecule has 2 heterocycles. The Kier molecular flexibility index (Phi) is 5.07. The first-order valence-electron chi connectivity index (χ1n) is 8.48. The molecule has 3 rings (SSSR count). The van der Waals surface area contributed by atoms with Gasteiger partial charge >= 0.3 is 0 Å². The van der Waals surface area contributed by atoms with Crippen LogP contribution in [0.4, 0.5) is 5.69 Å². The highest BCUT2D eigenvalue weighted by Gasteiger charge is 2.18. The van der Waals surface area contributed by atoms with Crippen LogP contribution in [-0.2, 0) is 17.8 Å². The smallest absolute Gasteiger partial charge is 0.255 e. The zero-order valence-corrected chi connectivity index (χ0v) is 14.5. The monoisotopic (exact) mass is 341 g/mol. The van der Waals surface area contributed by atoms with Crippen molar-refractivity contribution in [3.63, 3.8) is 0 Å². The molecule has 6 heteroatoms. The van der Waals surface area contributed by atoms with Crippen molar-refractivity contribution >= 4 is 17.5 Å². The Morgan fingerprint density at radius 1 is 1.32 bits per heavy atom. The molecule has 2 N–H and O–H groups in total. The number of aryl methyl sites for hydroxylation is 1. The maximum Gasteiger partial charge on any atom is 0.255 e. The highest BCUT2D eigenvalue weighted by Crippen LogP contribution is 2.26. The third kappa shape index (κ3) is 4.02. The second-order valence-corrected chi connectivity index (χ2v) is 6.41. The van der Waals surface area contributed by atoms with Crippen molar-refractivity contribution in [2.75, 3.05) is 18.5 Å². The lowest BCUT2D eigenvalue weighted by Crippen LogP contribution is -2.44. The number of carbonyl (C=O) groups is 2. The van der Waals surface area contributed by atoms with Crippen LogP contribution in [0.1, 0.15) is 34.8 Å². The lowest BCUT2D eigenvalue weighted by Gasteiger charge is -2.27. The number of amides is 2. The summed E-state index contributed by atoms with van der Waals surface area (Å²) in [6.45, 7) is 3.19. The zero-order chi connectivity index (χ0) is 17.8. The Bertz CT molecular complexity index is 755. The Balaban J connectivity index is 1.54. The van der Waals surface area contributed by atoms with Gasteiger partial charge in [0.15, 0.2) is 0 Å². The maximum absolute atomic E-state index is 12.2. The molecular formula is C19H23N3O3. The number of furan rings is 1. The Hall–Kier alpha value is -2.76. The van der Waals surface area contributed by atoms with E-state index in [0.29, 0.717) is 12.1 Å². The SMILES string of the molecule is C[C@H](NC(=O)c1ccoc1)C(=O)NCc1ccc2c(c1)CCCN2C. The standard InChI is InChI=1S/C19H23N3O3/c1-13(21-19(24)16-7-9-25-12-16)18(23)20-11-14-5-6-17-15(10-14)4-3-8-22(17)2/h5-7,9-10,12-13H,3-4,8,11H2,1-2H3,(H,20,23)(H,21,24)/t13-/m0/s1. The fourth-order valence-corrected chi connectivity index (χ4v) is 3.03. The normalized spacial score (nSPS) is 14.6. The van der Waals surface area contributed by atoms with Gasteiger partial charge in [0.05, 0.1) is 11.8 Å². The van der Waals surface area contributed by atoms with Crippen molar-refractivity contribution in [2.24, 2.45) is 0 Å². The van der Waals surface area contributed by atoms with Gasteiger partial charge in [-0.3, -0.25) is 9.59 Å². The minimum atomic E-state index is -0.619. The van der Waals surface area contributed by atoms with Crippen LogP contribution < -0.4 is 15.5 Å². The van der Waals surface area contributed by atoms with Crippen LogP contribution in [0.2, 0.25) is 0 Å². The lowest BCUT2D eigenvalue weighted by atomic mass is 9.99. The third-order valence-corrected chi connectivity index (χ3v) is 4.49. The van der Waals surface area contributed by atoms with Crippen molar-refractivity contribution in [3.05, 3.63) is 53.5 Å². The van der Waals surface area contributed by atoms with E-state index in [2.05, 4.69) is 34.7 Å². The number of rotatable bonds is 5. The first-order chi connectivity index (χ1) is 12.0. The number of benzene rings is 1. The summed E-state index contributed by atoms with van der Waals surface area (Å²) in [4.78, 5) is 26.4. The van der Waals surface area contributed by atoms with Crippen LogP contribution in [-0.4, -0.2) is 31.4 Å². The van der Waals surface area contributed by atoms with E-state index in [4.69, 9.17) is 4.42 Å². The van der Waals surface area contributed by atoms with Gasteiger partial charge in [0, 0.05) is 25.8 Å². The molecule has 6 nitrogen and oxygen atoms in total. The predicted molar refractivity (Wildman–Crippen MR) is 95.5 cm³/mol. The lowest BCUT2D eigenvalue weighted by molar-refractivity contribution is -0.122. The molecule has 2 amide bonds. The van der Waals surface area contributed by atoms with Crippen LogP contribution >= 0.6 is 0 Å². The van der Waals surface area contributed by atoms with Gasteiger partial charge in [-0.2, -0.15) is 0 Å². The quantitative estimate of drug-likeness (QED) is 0.873. The molecule has 1 atom stereocenters. The summed E-state index contributed by atoms with van der Waals surface area (Å²) in [7, 11) is 2.10. The molecule has 1 aromatic carbocycles.